The van der Waals surface area contributed by atoms with Crippen LogP contribution in [0.15, 0.2) is 0 Å². The molecule has 78 valence electrons. The highest BCUT2D eigenvalue weighted by molar-refractivity contribution is 5.84. The van der Waals surface area contributed by atoms with Crippen molar-refractivity contribution < 1.29 is 29.0 Å². The van der Waals surface area contributed by atoms with Crippen molar-refractivity contribution in [3.8, 4) is 0 Å². The van der Waals surface area contributed by atoms with Crippen LogP contribution in [0.4, 0.5) is 0 Å². The monoisotopic (exact) mass is 203 g/mol. The zero-order valence-electron chi connectivity index (χ0n) is 7.13. The molecule has 7 heteroatoms. The zero-order chi connectivity index (χ0) is 10.6. The zero-order valence-corrected chi connectivity index (χ0v) is 7.13. The van der Waals surface area contributed by atoms with Crippen molar-refractivity contribution in [3.63, 3.8) is 0 Å². The minimum atomic E-state index is -1.86. The number of rotatable bonds is 3. The van der Waals surface area contributed by atoms with E-state index < -0.39 is 24.5 Å². The molecule has 2 atom stereocenters. The Hall–Kier alpha value is -1.47. The standard InChI is InChI=1S/C7H9NO6/c9-2-1-8-4-3-5(10)13-7(12)14-6(4)11/h2,4,7-8,12H,1,3H2. The van der Waals surface area contributed by atoms with E-state index in [1.165, 1.54) is 0 Å². The molecule has 0 aromatic carbocycles. The Morgan fingerprint density at radius 2 is 2.21 bits per heavy atom. The second-order valence-electron chi connectivity index (χ2n) is 2.57. The smallest absolute Gasteiger partial charge is 0.362 e. The molecule has 1 heterocycles. The highest BCUT2D eigenvalue weighted by atomic mass is 16.8. The van der Waals surface area contributed by atoms with Crippen molar-refractivity contribution >= 4 is 18.2 Å². The first-order valence-corrected chi connectivity index (χ1v) is 3.88. The van der Waals surface area contributed by atoms with Gasteiger partial charge in [-0.25, -0.2) is 0 Å². The maximum atomic E-state index is 11.1. The Balaban J connectivity index is 2.59. The Morgan fingerprint density at radius 1 is 1.50 bits per heavy atom. The molecule has 1 fully saturated rings. The van der Waals surface area contributed by atoms with Crippen molar-refractivity contribution in [3.05, 3.63) is 0 Å². The molecule has 0 aromatic heterocycles. The van der Waals surface area contributed by atoms with Crippen LogP contribution in [-0.4, -0.2) is 42.4 Å². The van der Waals surface area contributed by atoms with Crippen LogP contribution in [0.1, 0.15) is 6.42 Å². The molecule has 0 radical (unpaired) electrons. The van der Waals surface area contributed by atoms with E-state index in [9.17, 15) is 14.4 Å². The first-order chi connectivity index (χ1) is 6.63. The molecule has 14 heavy (non-hydrogen) atoms. The van der Waals surface area contributed by atoms with Crippen molar-refractivity contribution in [1.29, 1.82) is 0 Å². The predicted molar refractivity (Wildman–Crippen MR) is 40.7 cm³/mol. The molecule has 1 rings (SSSR count). The van der Waals surface area contributed by atoms with E-state index in [2.05, 4.69) is 14.8 Å². The van der Waals surface area contributed by atoms with Gasteiger partial charge in [0.15, 0.2) is 0 Å². The summed E-state index contributed by atoms with van der Waals surface area (Å²) in [5.74, 6) is -1.60. The number of cyclic esters (lactones) is 2. The van der Waals surface area contributed by atoms with E-state index in [1.54, 1.807) is 0 Å². The topological polar surface area (TPSA) is 102 Å². The van der Waals surface area contributed by atoms with Crippen LogP contribution < -0.4 is 5.32 Å². The Kier molecular flexibility index (Phi) is 3.55. The predicted octanol–water partition coefficient (Wildman–Crippen LogP) is -2.09. The van der Waals surface area contributed by atoms with Crippen molar-refractivity contribution in [2.45, 2.75) is 18.9 Å². The van der Waals surface area contributed by atoms with Gasteiger partial charge in [-0.05, 0) is 0 Å². The fourth-order valence-electron chi connectivity index (χ4n) is 0.962. The molecule has 1 aliphatic rings. The SMILES string of the molecule is O=CCNC1CC(=O)OC(O)OC1=O. The highest BCUT2D eigenvalue weighted by Gasteiger charge is 2.31. The average Bonchev–Trinajstić information content (AvgIpc) is 2.21. The van der Waals surface area contributed by atoms with Crippen LogP contribution in [0.2, 0.25) is 0 Å². The number of aliphatic hydroxyl groups excluding tert-OH is 1. The molecule has 0 amide bonds. The normalized spacial score (nSPS) is 27.5. The summed E-state index contributed by atoms with van der Waals surface area (Å²) >= 11 is 0. The summed E-state index contributed by atoms with van der Waals surface area (Å²) < 4.78 is 8.52. The van der Waals surface area contributed by atoms with Gasteiger partial charge >= 0.3 is 18.4 Å². The van der Waals surface area contributed by atoms with Crippen molar-refractivity contribution in [2.75, 3.05) is 6.54 Å². The number of carbonyl (C=O) groups excluding carboxylic acids is 3. The number of ether oxygens (including phenoxy) is 2. The highest BCUT2D eigenvalue weighted by Crippen LogP contribution is 2.07. The van der Waals surface area contributed by atoms with Gasteiger partial charge in [0.1, 0.15) is 12.3 Å². The van der Waals surface area contributed by atoms with Crippen LogP contribution in [0.3, 0.4) is 0 Å². The largest absolute Gasteiger partial charge is 0.400 e. The second-order valence-corrected chi connectivity index (χ2v) is 2.57. The van der Waals surface area contributed by atoms with Crippen LogP contribution in [0, 0.1) is 0 Å². The number of hydrogen-bond acceptors (Lipinski definition) is 7. The Labute approximate surface area is 79.0 Å². The first-order valence-electron chi connectivity index (χ1n) is 3.88. The number of nitrogens with one attached hydrogen (secondary N) is 1. The fraction of sp³-hybridized carbons (Fsp3) is 0.571. The maximum Gasteiger partial charge on any atom is 0.362 e. The number of aliphatic hydroxyl groups is 1. The van der Waals surface area contributed by atoms with Crippen LogP contribution >= 0.6 is 0 Å². The van der Waals surface area contributed by atoms with Gasteiger partial charge < -0.3 is 19.4 Å². The Morgan fingerprint density at radius 3 is 2.86 bits per heavy atom. The number of aldehydes is 1. The van der Waals surface area contributed by atoms with Gasteiger partial charge in [-0.2, -0.15) is 0 Å². The van der Waals surface area contributed by atoms with E-state index in [0.717, 1.165) is 0 Å². The van der Waals surface area contributed by atoms with Gasteiger partial charge in [-0.1, -0.05) is 0 Å². The van der Waals surface area contributed by atoms with E-state index in [0.29, 0.717) is 6.29 Å². The lowest BCUT2D eigenvalue weighted by Gasteiger charge is -2.10. The molecule has 2 N–H and O–H groups in total. The number of esters is 2. The molecule has 0 bridgehead atoms. The lowest BCUT2D eigenvalue weighted by atomic mass is 10.2. The molecule has 0 aliphatic carbocycles. The molecular formula is C7H9NO6. The summed E-state index contributed by atoms with van der Waals surface area (Å²) in [7, 11) is 0. The summed E-state index contributed by atoms with van der Waals surface area (Å²) in [4.78, 5) is 32.0. The second kappa shape index (κ2) is 4.68. The van der Waals surface area contributed by atoms with Crippen LogP contribution in [-0.2, 0) is 23.9 Å². The molecule has 0 aromatic rings. The summed E-state index contributed by atoms with van der Waals surface area (Å²) in [6.07, 6.45) is 0.268. The average molecular weight is 203 g/mol. The van der Waals surface area contributed by atoms with Crippen LogP contribution in [0.5, 0.6) is 0 Å². The van der Waals surface area contributed by atoms with Crippen molar-refractivity contribution in [1.82, 2.24) is 5.32 Å². The third-order valence-corrected chi connectivity index (χ3v) is 1.55. The van der Waals surface area contributed by atoms with Gasteiger partial charge in [0.2, 0.25) is 0 Å². The van der Waals surface area contributed by atoms with E-state index in [1.807, 2.05) is 0 Å². The summed E-state index contributed by atoms with van der Waals surface area (Å²) in [6, 6.07) is -0.954. The third-order valence-electron chi connectivity index (χ3n) is 1.55. The molecular weight excluding hydrogens is 194 g/mol. The minimum absolute atomic E-state index is 0.0802. The molecule has 2 unspecified atom stereocenters. The molecule has 7 nitrogen and oxygen atoms in total. The van der Waals surface area contributed by atoms with Crippen molar-refractivity contribution in [2.24, 2.45) is 0 Å². The fourth-order valence-corrected chi connectivity index (χ4v) is 0.962. The Bertz CT molecular complexity index is 253. The molecule has 1 saturated heterocycles. The molecule has 0 spiro atoms. The molecule has 0 saturated carbocycles. The van der Waals surface area contributed by atoms with Gasteiger partial charge in [0.25, 0.3) is 0 Å². The quantitative estimate of drug-likeness (QED) is 0.400. The minimum Gasteiger partial charge on any atom is -0.400 e. The first kappa shape index (κ1) is 10.6. The summed E-state index contributed by atoms with van der Waals surface area (Å²) in [5, 5.41) is 11.2. The lowest BCUT2D eigenvalue weighted by Crippen LogP contribution is -2.39. The van der Waals surface area contributed by atoms with E-state index in [4.69, 9.17) is 5.11 Å². The summed E-state index contributed by atoms with van der Waals surface area (Å²) in [5.41, 5.74) is 0. The summed E-state index contributed by atoms with van der Waals surface area (Å²) in [6.45, 7) is -1.94. The number of hydrogen-bond donors (Lipinski definition) is 2. The van der Waals surface area contributed by atoms with Gasteiger partial charge in [-0.3, -0.25) is 14.9 Å². The van der Waals surface area contributed by atoms with Gasteiger partial charge in [-0.15, -0.1) is 0 Å². The van der Waals surface area contributed by atoms with E-state index >= 15 is 0 Å². The van der Waals surface area contributed by atoms with Crippen LogP contribution in [0.25, 0.3) is 0 Å². The molecule has 1 aliphatic heterocycles. The van der Waals surface area contributed by atoms with E-state index in [-0.39, 0.29) is 13.0 Å². The van der Waals surface area contributed by atoms with Gasteiger partial charge in [0.05, 0.1) is 13.0 Å². The number of carbonyl (C=O) groups is 3. The van der Waals surface area contributed by atoms with Gasteiger partial charge in [0, 0.05) is 0 Å². The maximum absolute atomic E-state index is 11.1. The lowest BCUT2D eigenvalue weighted by molar-refractivity contribution is -0.240. The third kappa shape index (κ3) is 2.79.